The molecule has 4 heterocycles. The first-order chi connectivity index (χ1) is 17.9. The largest absolute Gasteiger partial charge is 0.489 e. The number of hydrogen-bond acceptors (Lipinski definition) is 7. The monoisotopic (exact) mass is 550 g/mol. The van der Waals surface area contributed by atoms with Crippen LogP contribution in [0.3, 0.4) is 0 Å². The molecule has 2 unspecified atom stereocenters. The molecule has 2 bridgehead atoms. The van der Waals surface area contributed by atoms with E-state index in [-0.39, 0.29) is 35.8 Å². The Hall–Kier alpha value is -2.77. The topological polar surface area (TPSA) is 115 Å². The van der Waals surface area contributed by atoms with E-state index in [0.717, 1.165) is 5.56 Å². The number of rotatable bonds is 6. The molecule has 0 spiro atoms. The first-order valence-corrected chi connectivity index (χ1v) is 13.8. The quantitative estimate of drug-likeness (QED) is 0.583. The fourth-order valence-electron chi connectivity index (χ4n) is 5.10. The molecule has 0 radical (unpaired) electrons. The molecular formula is C26H31FN2O8S. The lowest BCUT2D eigenvalue weighted by Crippen LogP contribution is -2.74. The van der Waals surface area contributed by atoms with Crippen molar-refractivity contribution >= 4 is 16.1 Å². The van der Waals surface area contributed by atoms with Gasteiger partial charge in [-0.25, -0.2) is 17.6 Å². The molecule has 4 aliphatic rings. The number of piperazine rings is 1. The molecule has 0 saturated carbocycles. The van der Waals surface area contributed by atoms with Crippen LogP contribution in [0.1, 0.15) is 25.0 Å². The molecule has 12 heteroatoms. The average Bonchev–Trinajstić information content (AvgIpc) is 2.89. The number of hydrogen-bond donors (Lipinski definition) is 1. The fraction of sp³-hybridized carbons (Fsp3) is 0.500. The van der Waals surface area contributed by atoms with Crippen LogP contribution in [0, 0.1) is 18.2 Å². The first kappa shape index (κ1) is 26.8. The molecule has 10 nitrogen and oxygen atoms in total. The molecule has 6 rings (SSSR count). The van der Waals surface area contributed by atoms with Crippen LogP contribution in [0.2, 0.25) is 0 Å². The van der Waals surface area contributed by atoms with Gasteiger partial charge in [-0.1, -0.05) is 13.0 Å². The molecule has 0 aliphatic carbocycles. The van der Waals surface area contributed by atoms with Crippen LogP contribution in [0.4, 0.5) is 9.18 Å². The molecule has 38 heavy (non-hydrogen) atoms. The van der Waals surface area contributed by atoms with E-state index in [0.29, 0.717) is 31.1 Å². The molecule has 2 atom stereocenters. The van der Waals surface area contributed by atoms with Gasteiger partial charge in [-0.15, -0.1) is 0 Å². The third-order valence-corrected chi connectivity index (χ3v) is 9.32. The van der Waals surface area contributed by atoms with Gasteiger partial charge in [0, 0.05) is 18.5 Å². The van der Waals surface area contributed by atoms with Crippen molar-refractivity contribution in [1.82, 2.24) is 9.21 Å². The number of carboxylic acid groups (broad SMARTS) is 1. The average molecular weight is 551 g/mol. The number of carbonyl (C=O) groups is 1. The highest BCUT2D eigenvalue weighted by atomic mass is 32.2. The number of benzene rings is 2. The van der Waals surface area contributed by atoms with E-state index < -0.39 is 34.2 Å². The Bertz CT molecular complexity index is 1290. The van der Waals surface area contributed by atoms with Crippen molar-refractivity contribution in [2.45, 2.75) is 50.3 Å². The van der Waals surface area contributed by atoms with Gasteiger partial charge in [0.05, 0.1) is 30.8 Å². The Balaban J connectivity index is 1.40. The zero-order valence-electron chi connectivity index (χ0n) is 21.4. The second kappa shape index (κ2) is 9.76. The van der Waals surface area contributed by atoms with E-state index in [9.17, 15) is 22.7 Å². The molecular weight excluding hydrogens is 519 g/mol. The number of amides is 1. The van der Waals surface area contributed by atoms with Crippen molar-refractivity contribution in [2.75, 3.05) is 32.9 Å². The lowest BCUT2D eigenvalue weighted by Gasteiger charge is -2.57. The third kappa shape index (κ3) is 4.75. The second-order valence-corrected chi connectivity index (χ2v) is 12.3. The maximum atomic E-state index is 13.9. The Morgan fingerprint density at radius 1 is 1.11 bits per heavy atom. The SMILES string of the molecule is Cc1ccc(F)cc1COc1ccc(S(=O)(=O)N2CCN(C(=O)O)C(C)C2C23OCC(C)(CO2)CO3)cc1. The van der Waals surface area contributed by atoms with Gasteiger partial charge in [-0.05, 0) is 61.4 Å². The van der Waals surface area contributed by atoms with E-state index in [2.05, 4.69) is 0 Å². The molecule has 4 saturated heterocycles. The summed E-state index contributed by atoms with van der Waals surface area (Å²) in [6, 6.07) is 8.47. The highest BCUT2D eigenvalue weighted by Gasteiger charge is 2.62. The zero-order chi connectivity index (χ0) is 27.3. The highest BCUT2D eigenvalue weighted by molar-refractivity contribution is 7.89. The van der Waals surface area contributed by atoms with Gasteiger partial charge in [-0.3, -0.25) is 0 Å². The van der Waals surface area contributed by atoms with Crippen molar-refractivity contribution < 1.29 is 41.7 Å². The molecule has 4 aliphatic heterocycles. The number of ether oxygens (including phenoxy) is 4. The number of nitrogens with zero attached hydrogens (tertiary/aromatic N) is 2. The summed E-state index contributed by atoms with van der Waals surface area (Å²) in [7, 11) is -4.12. The fourth-order valence-corrected chi connectivity index (χ4v) is 6.78. The van der Waals surface area contributed by atoms with Crippen molar-refractivity contribution in [3.63, 3.8) is 0 Å². The summed E-state index contributed by atoms with van der Waals surface area (Å²) in [5, 5.41) is 9.73. The predicted octanol–water partition coefficient (Wildman–Crippen LogP) is 3.19. The Morgan fingerprint density at radius 2 is 1.74 bits per heavy atom. The highest BCUT2D eigenvalue weighted by Crippen LogP contribution is 2.44. The van der Waals surface area contributed by atoms with Crippen molar-refractivity contribution in [3.8, 4) is 5.75 Å². The van der Waals surface area contributed by atoms with E-state index in [1.807, 2.05) is 13.8 Å². The number of halogens is 1. The molecule has 2 aromatic carbocycles. The Kier molecular flexibility index (Phi) is 6.89. The smallest absolute Gasteiger partial charge is 0.407 e. The third-order valence-electron chi connectivity index (χ3n) is 7.43. The molecule has 206 valence electrons. The van der Waals surface area contributed by atoms with Crippen LogP contribution >= 0.6 is 0 Å². The molecule has 1 N–H and O–H groups in total. The van der Waals surface area contributed by atoms with Crippen LogP contribution in [-0.2, 0) is 30.8 Å². The summed E-state index contributed by atoms with van der Waals surface area (Å²) in [6.07, 6.45) is -1.16. The number of aryl methyl sites for hydroxylation is 1. The minimum atomic E-state index is -4.12. The van der Waals surface area contributed by atoms with E-state index in [1.54, 1.807) is 13.0 Å². The van der Waals surface area contributed by atoms with Crippen LogP contribution in [0.5, 0.6) is 5.75 Å². The van der Waals surface area contributed by atoms with Gasteiger partial charge < -0.3 is 29.0 Å². The van der Waals surface area contributed by atoms with Gasteiger partial charge in [0.15, 0.2) is 0 Å². The molecule has 1 amide bonds. The van der Waals surface area contributed by atoms with Crippen LogP contribution in [0.15, 0.2) is 47.4 Å². The van der Waals surface area contributed by atoms with Crippen LogP contribution in [-0.4, -0.2) is 79.8 Å². The maximum Gasteiger partial charge on any atom is 0.407 e. The zero-order valence-corrected chi connectivity index (χ0v) is 22.2. The number of fused-ring (bicyclic) bond motifs is 3. The Labute approximate surface area is 220 Å². The summed E-state index contributed by atoms with van der Waals surface area (Å²) in [5.41, 5.74) is 1.21. The molecule has 0 aromatic heterocycles. The molecule has 2 aromatic rings. The number of sulfonamides is 1. The van der Waals surface area contributed by atoms with Crippen LogP contribution < -0.4 is 4.74 Å². The van der Waals surface area contributed by atoms with E-state index in [4.69, 9.17) is 18.9 Å². The maximum absolute atomic E-state index is 13.9. The van der Waals surface area contributed by atoms with Crippen LogP contribution in [0.25, 0.3) is 0 Å². The van der Waals surface area contributed by atoms with E-state index >= 15 is 0 Å². The van der Waals surface area contributed by atoms with Crippen molar-refractivity contribution in [3.05, 3.63) is 59.4 Å². The Morgan fingerprint density at radius 3 is 2.34 bits per heavy atom. The minimum Gasteiger partial charge on any atom is -0.489 e. The predicted molar refractivity (Wildman–Crippen MR) is 132 cm³/mol. The van der Waals surface area contributed by atoms with Gasteiger partial charge in [0.1, 0.15) is 24.2 Å². The summed E-state index contributed by atoms with van der Waals surface area (Å²) in [4.78, 5) is 13.1. The van der Waals surface area contributed by atoms with Gasteiger partial charge in [-0.2, -0.15) is 4.31 Å². The minimum absolute atomic E-state index is 0.000573. The second-order valence-electron chi connectivity index (χ2n) is 10.4. The van der Waals surface area contributed by atoms with Gasteiger partial charge in [0.25, 0.3) is 0 Å². The lowest BCUT2D eigenvalue weighted by molar-refractivity contribution is -0.482. The summed E-state index contributed by atoms with van der Waals surface area (Å²) in [5.74, 6) is -1.66. The normalized spacial score (nSPS) is 29.8. The van der Waals surface area contributed by atoms with Crippen molar-refractivity contribution in [2.24, 2.45) is 5.41 Å². The van der Waals surface area contributed by atoms with Gasteiger partial charge in [0.2, 0.25) is 10.0 Å². The standard InChI is InChI=1S/C26H31FN2O8S/c1-17-4-5-20(27)12-19(17)13-34-21-6-8-22(9-7-21)38(32,33)29-11-10-28(24(30)31)18(2)23(29)26-35-14-25(3,15-36-26)16-37-26/h4-9,12,18,23H,10-11,13-16H2,1-3H3,(H,30,31). The summed E-state index contributed by atoms with van der Waals surface area (Å²) in [6.45, 7) is 6.32. The summed E-state index contributed by atoms with van der Waals surface area (Å²) < 4.78 is 66.2. The van der Waals surface area contributed by atoms with Crippen molar-refractivity contribution in [1.29, 1.82) is 0 Å². The van der Waals surface area contributed by atoms with E-state index in [1.165, 1.54) is 45.6 Å². The van der Waals surface area contributed by atoms with Gasteiger partial charge >= 0.3 is 12.1 Å². The lowest BCUT2D eigenvalue weighted by atomic mass is 9.90. The first-order valence-electron chi connectivity index (χ1n) is 12.4. The summed E-state index contributed by atoms with van der Waals surface area (Å²) >= 11 is 0. The molecule has 4 fully saturated rings.